The zero-order valence-corrected chi connectivity index (χ0v) is 27.6. The van der Waals surface area contributed by atoms with Gasteiger partial charge in [0.1, 0.15) is 5.82 Å². The zero-order chi connectivity index (χ0) is 31.3. The number of nitrogens with zero attached hydrogens (tertiary/aromatic N) is 5. The number of pyridine rings is 1. The van der Waals surface area contributed by atoms with Gasteiger partial charge in [-0.25, -0.2) is 4.39 Å². The molecule has 3 heterocycles. The van der Waals surface area contributed by atoms with Crippen LogP contribution in [0.25, 0.3) is 16.6 Å². The molecule has 1 fully saturated rings. The van der Waals surface area contributed by atoms with Gasteiger partial charge in [0.05, 0.1) is 29.6 Å². The number of aryl methyl sites for hydroxylation is 1. The SMILES string of the molecule is COCCN(C)CCCC(C(C)C)N1CCC(Cc2cn(-c3ccc(F)cc3C(=O)N(C)C(C)C)c3cncc(C)c23)C1. The lowest BCUT2D eigenvalue weighted by Crippen LogP contribution is -2.38. The number of aromatic nitrogens is 2. The molecule has 1 aliphatic heterocycles. The highest BCUT2D eigenvalue weighted by molar-refractivity contribution is 5.99. The van der Waals surface area contributed by atoms with Crippen LogP contribution in [0.3, 0.4) is 0 Å². The van der Waals surface area contributed by atoms with E-state index < -0.39 is 5.82 Å². The van der Waals surface area contributed by atoms with E-state index in [1.54, 1.807) is 25.1 Å². The highest BCUT2D eigenvalue weighted by atomic mass is 19.1. The first-order chi connectivity index (χ1) is 20.5. The fourth-order valence-electron chi connectivity index (χ4n) is 6.62. The lowest BCUT2D eigenvalue weighted by atomic mass is 9.96. The molecule has 1 aliphatic rings. The number of amides is 1. The van der Waals surface area contributed by atoms with Gasteiger partial charge in [0.2, 0.25) is 0 Å². The van der Waals surface area contributed by atoms with Crippen LogP contribution in [0.5, 0.6) is 0 Å². The number of likely N-dealkylation sites (tertiary alicyclic amines) is 1. The van der Waals surface area contributed by atoms with Gasteiger partial charge >= 0.3 is 0 Å². The minimum Gasteiger partial charge on any atom is -0.383 e. The van der Waals surface area contributed by atoms with Crippen molar-refractivity contribution in [3.05, 3.63) is 59.3 Å². The van der Waals surface area contributed by atoms with E-state index in [4.69, 9.17) is 4.74 Å². The standard InChI is InChI=1S/C35H52FN5O2/c1-24(2)31(10-9-14-38(6)16-17-43-8)40-15-13-27(22-40)18-28-23-41(33-21-37-20-26(5)34(28)33)32-12-11-29(36)19-30(32)35(42)39(7)25(3)4/h11-12,19-21,23-25,27,31H,9-10,13-18,22H2,1-8H3. The summed E-state index contributed by atoms with van der Waals surface area (Å²) in [6.45, 7) is 15.8. The molecule has 2 aromatic heterocycles. The van der Waals surface area contributed by atoms with E-state index in [0.29, 0.717) is 29.1 Å². The number of fused-ring (bicyclic) bond motifs is 1. The predicted octanol–water partition coefficient (Wildman–Crippen LogP) is 6.20. The first-order valence-corrected chi connectivity index (χ1v) is 15.9. The number of hydrogen-bond donors (Lipinski definition) is 0. The molecule has 7 nitrogen and oxygen atoms in total. The van der Waals surface area contributed by atoms with Gasteiger partial charge in [-0.3, -0.25) is 14.7 Å². The molecule has 1 aromatic carbocycles. The Morgan fingerprint density at radius 1 is 1.16 bits per heavy atom. The average Bonchev–Trinajstić information content (AvgIpc) is 3.58. The van der Waals surface area contributed by atoms with Gasteiger partial charge in [0.15, 0.2) is 0 Å². The summed E-state index contributed by atoms with van der Waals surface area (Å²) in [5.41, 5.74) is 4.39. The third kappa shape index (κ3) is 7.83. The molecule has 1 saturated heterocycles. The summed E-state index contributed by atoms with van der Waals surface area (Å²) < 4.78 is 21.7. The number of methoxy groups -OCH3 is 1. The van der Waals surface area contributed by atoms with Crippen molar-refractivity contribution in [1.82, 2.24) is 24.3 Å². The molecule has 0 aliphatic carbocycles. The second-order valence-corrected chi connectivity index (χ2v) is 13.1. The van der Waals surface area contributed by atoms with Crippen LogP contribution in [-0.4, -0.2) is 96.2 Å². The maximum atomic E-state index is 14.5. The molecule has 3 aromatic rings. The first kappa shape index (κ1) is 33.1. The smallest absolute Gasteiger partial charge is 0.256 e. The van der Waals surface area contributed by atoms with Crippen molar-refractivity contribution in [3.63, 3.8) is 0 Å². The maximum absolute atomic E-state index is 14.5. The molecule has 2 atom stereocenters. The molecule has 0 spiro atoms. The minimum atomic E-state index is -0.414. The Hall–Kier alpha value is -2.81. The fraction of sp³-hybridized carbons (Fsp3) is 0.600. The van der Waals surface area contributed by atoms with Crippen molar-refractivity contribution in [3.8, 4) is 5.69 Å². The molecule has 0 radical (unpaired) electrons. The van der Waals surface area contributed by atoms with Gasteiger partial charge in [0, 0.05) is 57.1 Å². The van der Waals surface area contributed by atoms with Crippen LogP contribution in [0.2, 0.25) is 0 Å². The predicted molar refractivity (Wildman–Crippen MR) is 174 cm³/mol. The van der Waals surface area contributed by atoms with E-state index in [9.17, 15) is 9.18 Å². The van der Waals surface area contributed by atoms with E-state index in [0.717, 1.165) is 50.3 Å². The molecule has 236 valence electrons. The number of carbonyl (C=O) groups is 1. The molecule has 0 bridgehead atoms. The van der Waals surface area contributed by atoms with Crippen molar-refractivity contribution in [2.24, 2.45) is 11.8 Å². The third-order valence-corrected chi connectivity index (χ3v) is 9.31. The summed E-state index contributed by atoms with van der Waals surface area (Å²) in [5, 5.41) is 1.19. The Balaban J connectivity index is 1.56. The lowest BCUT2D eigenvalue weighted by molar-refractivity contribution is 0.0754. The second kappa shape index (κ2) is 14.8. The highest BCUT2D eigenvalue weighted by Crippen LogP contribution is 2.34. The van der Waals surface area contributed by atoms with Crippen LogP contribution >= 0.6 is 0 Å². The number of ether oxygens (including phenoxy) is 1. The molecular weight excluding hydrogens is 541 g/mol. The highest BCUT2D eigenvalue weighted by Gasteiger charge is 2.31. The molecule has 43 heavy (non-hydrogen) atoms. The number of likely N-dealkylation sites (N-methyl/N-ethyl adjacent to an activating group) is 1. The second-order valence-electron chi connectivity index (χ2n) is 13.1. The minimum absolute atomic E-state index is 0.000963. The fourth-order valence-corrected chi connectivity index (χ4v) is 6.62. The van der Waals surface area contributed by atoms with Crippen molar-refractivity contribution in [2.75, 3.05) is 54.0 Å². The third-order valence-electron chi connectivity index (χ3n) is 9.31. The first-order valence-electron chi connectivity index (χ1n) is 15.9. The summed E-state index contributed by atoms with van der Waals surface area (Å²) in [5.74, 6) is 0.558. The van der Waals surface area contributed by atoms with Crippen LogP contribution < -0.4 is 0 Å². The summed E-state index contributed by atoms with van der Waals surface area (Å²) in [6.07, 6.45) is 10.5. The lowest BCUT2D eigenvalue weighted by Gasteiger charge is -2.32. The normalized spacial score (nSPS) is 16.7. The summed E-state index contributed by atoms with van der Waals surface area (Å²) in [6, 6.07) is 5.10. The Morgan fingerprint density at radius 2 is 1.93 bits per heavy atom. The van der Waals surface area contributed by atoms with Crippen LogP contribution in [0, 0.1) is 24.6 Å². The van der Waals surface area contributed by atoms with E-state index >= 15 is 0 Å². The average molecular weight is 594 g/mol. The molecule has 0 N–H and O–H groups in total. The Morgan fingerprint density at radius 3 is 2.63 bits per heavy atom. The van der Waals surface area contributed by atoms with Crippen molar-refractivity contribution in [2.45, 2.75) is 72.4 Å². The van der Waals surface area contributed by atoms with E-state index in [1.807, 2.05) is 26.2 Å². The number of carbonyl (C=O) groups excluding carboxylic acids is 1. The van der Waals surface area contributed by atoms with Gasteiger partial charge in [-0.2, -0.15) is 0 Å². The van der Waals surface area contributed by atoms with Crippen LogP contribution in [0.4, 0.5) is 4.39 Å². The topological polar surface area (TPSA) is 53.8 Å². The van der Waals surface area contributed by atoms with Crippen molar-refractivity contribution >= 4 is 16.8 Å². The molecule has 4 rings (SSSR count). The van der Waals surface area contributed by atoms with Crippen LogP contribution in [-0.2, 0) is 11.2 Å². The molecule has 0 saturated carbocycles. The van der Waals surface area contributed by atoms with E-state index in [1.165, 1.54) is 42.3 Å². The van der Waals surface area contributed by atoms with Crippen molar-refractivity contribution < 1.29 is 13.9 Å². The summed E-state index contributed by atoms with van der Waals surface area (Å²) >= 11 is 0. The molecule has 1 amide bonds. The Bertz CT molecular complexity index is 1370. The van der Waals surface area contributed by atoms with Gasteiger partial charge in [-0.1, -0.05) is 13.8 Å². The monoisotopic (exact) mass is 593 g/mol. The zero-order valence-electron chi connectivity index (χ0n) is 27.6. The van der Waals surface area contributed by atoms with Gasteiger partial charge < -0.3 is 19.1 Å². The number of rotatable bonds is 14. The molecule has 8 heteroatoms. The summed E-state index contributed by atoms with van der Waals surface area (Å²) in [4.78, 5) is 24.7. The van der Waals surface area contributed by atoms with Crippen LogP contribution in [0.15, 0.2) is 36.8 Å². The largest absolute Gasteiger partial charge is 0.383 e. The number of halogens is 1. The molecular formula is C35H52FN5O2. The molecule has 2 unspecified atom stereocenters. The maximum Gasteiger partial charge on any atom is 0.256 e. The van der Waals surface area contributed by atoms with Gasteiger partial charge in [-0.15, -0.1) is 0 Å². The van der Waals surface area contributed by atoms with E-state index in [2.05, 4.69) is 53.4 Å². The Kier molecular flexibility index (Phi) is 11.4. The van der Waals surface area contributed by atoms with Gasteiger partial charge in [-0.05, 0) is 108 Å². The van der Waals surface area contributed by atoms with Gasteiger partial charge in [0.25, 0.3) is 5.91 Å². The van der Waals surface area contributed by atoms with Crippen molar-refractivity contribution in [1.29, 1.82) is 0 Å². The summed E-state index contributed by atoms with van der Waals surface area (Å²) in [7, 11) is 5.70. The number of hydrogen-bond acceptors (Lipinski definition) is 5. The van der Waals surface area contributed by atoms with E-state index in [-0.39, 0.29) is 11.9 Å². The van der Waals surface area contributed by atoms with Crippen LogP contribution in [0.1, 0.15) is 68.4 Å². The quantitative estimate of drug-likeness (QED) is 0.223. The Labute approximate surface area is 258 Å². The number of benzene rings is 1.